The fraction of sp³-hybridized carbons (Fsp3) is 0. The van der Waals surface area contributed by atoms with Crippen LogP contribution < -0.4 is 0 Å². The van der Waals surface area contributed by atoms with E-state index < -0.39 is 11.9 Å². The monoisotopic (exact) mass is 215 g/mol. The number of carbonyl (C=O) groups excluding carboxylic acids is 2. The van der Waals surface area contributed by atoms with Gasteiger partial charge in [-0.05, 0) is 12.1 Å². The van der Waals surface area contributed by atoms with Crippen molar-refractivity contribution in [2.75, 3.05) is 0 Å². The first-order valence-corrected chi connectivity index (χ1v) is 4.54. The van der Waals surface area contributed by atoms with E-state index in [1.165, 1.54) is 4.68 Å². The SMILES string of the molecule is O=C1C=C(n2nnc3ccccc32)C(=O)O1. The first-order chi connectivity index (χ1) is 7.75. The van der Waals surface area contributed by atoms with Crippen molar-refractivity contribution in [2.45, 2.75) is 0 Å². The summed E-state index contributed by atoms with van der Waals surface area (Å²) >= 11 is 0. The molecule has 3 rings (SSSR count). The molecule has 1 aliphatic heterocycles. The number of aromatic nitrogens is 3. The van der Waals surface area contributed by atoms with Gasteiger partial charge in [0, 0.05) is 0 Å². The summed E-state index contributed by atoms with van der Waals surface area (Å²) in [7, 11) is 0. The summed E-state index contributed by atoms with van der Waals surface area (Å²) < 4.78 is 5.68. The van der Waals surface area contributed by atoms with Crippen molar-refractivity contribution in [3.05, 3.63) is 30.3 Å². The van der Waals surface area contributed by atoms with Gasteiger partial charge in [0.05, 0.1) is 11.6 Å². The molecule has 0 unspecified atom stereocenters. The second-order valence-corrected chi connectivity index (χ2v) is 3.23. The van der Waals surface area contributed by atoms with Gasteiger partial charge in [-0.2, -0.15) is 0 Å². The third kappa shape index (κ3) is 1.13. The standard InChI is InChI=1S/C10H5N3O3/c14-9-5-8(10(15)16-9)13-7-4-2-1-3-6(7)11-12-13/h1-5H. The Kier molecular flexibility index (Phi) is 1.64. The van der Waals surface area contributed by atoms with E-state index in [1.54, 1.807) is 18.2 Å². The van der Waals surface area contributed by atoms with E-state index in [1.807, 2.05) is 6.07 Å². The molecule has 0 fully saturated rings. The summed E-state index contributed by atoms with van der Waals surface area (Å²) in [5, 5.41) is 7.68. The van der Waals surface area contributed by atoms with Gasteiger partial charge in [0.25, 0.3) is 0 Å². The van der Waals surface area contributed by atoms with Crippen LogP contribution in [0.15, 0.2) is 30.3 Å². The van der Waals surface area contributed by atoms with Crippen molar-refractivity contribution in [2.24, 2.45) is 0 Å². The van der Waals surface area contributed by atoms with Gasteiger partial charge in [-0.15, -0.1) is 5.10 Å². The zero-order valence-electron chi connectivity index (χ0n) is 7.95. The molecule has 1 aromatic carbocycles. The summed E-state index contributed by atoms with van der Waals surface area (Å²) in [6, 6.07) is 7.13. The number of benzene rings is 1. The van der Waals surface area contributed by atoms with E-state index in [9.17, 15) is 9.59 Å². The van der Waals surface area contributed by atoms with E-state index in [2.05, 4.69) is 15.0 Å². The van der Waals surface area contributed by atoms with Gasteiger partial charge in [0.1, 0.15) is 5.52 Å². The number of nitrogens with zero attached hydrogens (tertiary/aromatic N) is 3. The van der Waals surface area contributed by atoms with Crippen LogP contribution in [0.5, 0.6) is 0 Å². The molecule has 0 N–H and O–H groups in total. The molecule has 6 nitrogen and oxygen atoms in total. The van der Waals surface area contributed by atoms with Crippen molar-refractivity contribution in [3.8, 4) is 0 Å². The average molecular weight is 215 g/mol. The molecule has 1 aliphatic rings. The topological polar surface area (TPSA) is 74.1 Å². The third-order valence-electron chi connectivity index (χ3n) is 2.24. The number of hydrogen-bond acceptors (Lipinski definition) is 5. The van der Waals surface area contributed by atoms with Crippen LogP contribution in [0.25, 0.3) is 16.7 Å². The Balaban J connectivity index is 2.24. The molecular weight excluding hydrogens is 210 g/mol. The second-order valence-electron chi connectivity index (χ2n) is 3.23. The molecule has 6 heteroatoms. The predicted octanol–water partition coefficient (Wildman–Crippen LogP) is 0.356. The van der Waals surface area contributed by atoms with Gasteiger partial charge >= 0.3 is 11.9 Å². The zero-order valence-corrected chi connectivity index (χ0v) is 7.95. The molecule has 78 valence electrons. The number of esters is 2. The molecular formula is C10H5N3O3. The summed E-state index contributed by atoms with van der Waals surface area (Å²) in [4.78, 5) is 22.2. The Morgan fingerprint density at radius 1 is 1.19 bits per heavy atom. The van der Waals surface area contributed by atoms with Gasteiger partial charge in [0.15, 0.2) is 5.70 Å². The van der Waals surface area contributed by atoms with Crippen LogP contribution in [0, 0.1) is 0 Å². The highest BCUT2D eigenvalue weighted by atomic mass is 16.6. The Morgan fingerprint density at radius 3 is 2.75 bits per heavy atom. The molecule has 0 radical (unpaired) electrons. The highest BCUT2D eigenvalue weighted by molar-refractivity contribution is 6.24. The van der Waals surface area contributed by atoms with Crippen molar-refractivity contribution in [1.82, 2.24) is 15.0 Å². The van der Waals surface area contributed by atoms with Gasteiger partial charge in [-0.1, -0.05) is 17.3 Å². The van der Waals surface area contributed by atoms with E-state index >= 15 is 0 Å². The molecule has 0 amide bonds. The van der Waals surface area contributed by atoms with E-state index in [0.717, 1.165) is 6.08 Å². The molecule has 0 saturated carbocycles. The fourth-order valence-corrected chi connectivity index (χ4v) is 1.54. The van der Waals surface area contributed by atoms with Gasteiger partial charge in [0.2, 0.25) is 0 Å². The van der Waals surface area contributed by atoms with Crippen LogP contribution in [0.1, 0.15) is 0 Å². The number of carbonyl (C=O) groups is 2. The van der Waals surface area contributed by atoms with Crippen LogP contribution >= 0.6 is 0 Å². The largest absolute Gasteiger partial charge is 0.385 e. The lowest BCUT2D eigenvalue weighted by Crippen LogP contribution is -2.08. The minimum absolute atomic E-state index is 0.0821. The number of cyclic esters (lactones) is 2. The summed E-state index contributed by atoms with van der Waals surface area (Å²) in [6.07, 6.45) is 1.10. The van der Waals surface area contributed by atoms with Crippen LogP contribution in [0.2, 0.25) is 0 Å². The molecule has 0 bridgehead atoms. The lowest BCUT2D eigenvalue weighted by molar-refractivity contribution is -0.149. The average Bonchev–Trinajstić information content (AvgIpc) is 2.81. The molecule has 2 aromatic rings. The molecule has 0 spiro atoms. The number of ether oxygens (including phenoxy) is 1. The Morgan fingerprint density at radius 2 is 2.00 bits per heavy atom. The molecule has 2 heterocycles. The third-order valence-corrected chi connectivity index (χ3v) is 2.24. The zero-order chi connectivity index (χ0) is 11.1. The number of para-hydroxylation sites is 1. The normalized spacial score (nSPS) is 15.4. The first-order valence-electron chi connectivity index (χ1n) is 4.54. The Labute approximate surface area is 89.1 Å². The smallest absolute Gasteiger partial charge is 0.365 e. The lowest BCUT2D eigenvalue weighted by Gasteiger charge is -1.98. The van der Waals surface area contributed by atoms with Crippen molar-refractivity contribution in [1.29, 1.82) is 0 Å². The minimum atomic E-state index is -0.708. The number of rotatable bonds is 1. The predicted molar refractivity (Wildman–Crippen MR) is 52.9 cm³/mol. The lowest BCUT2D eigenvalue weighted by atomic mass is 10.3. The maximum absolute atomic E-state index is 11.3. The van der Waals surface area contributed by atoms with Crippen LogP contribution in [-0.4, -0.2) is 26.9 Å². The molecule has 0 aliphatic carbocycles. The van der Waals surface area contributed by atoms with Crippen LogP contribution in [-0.2, 0) is 14.3 Å². The van der Waals surface area contributed by atoms with Crippen molar-refractivity contribution < 1.29 is 14.3 Å². The van der Waals surface area contributed by atoms with Gasteiger partial charge in [-0.3, -0.25) is 0 Å². The van der Waals surface area contributed by atoms with E-state index in [0.29, 0.717) is 11.0 Å². The molecule has 0 saturated heterocycles. The molecule has 0 atom stereocenters. The maximum Gasteiger partial charge on any atom is 0.365 e. The van der Waals surface area contributed by atoms with E-state index in [4.69, 9.17) is 0 Å². The number of hydrogen-bond donors (Lipinski definition) is 0. The van der Waals surface area contributed by atoms with Crippen molar-refractivity contribution in [3.63, 3.8) is 0 Å². The number of fused-ring (bicyclic) bond motifs is 1. The van der Waals surface area contributed by atoms with Gasteiger partial charge in [-0.25, -0.2) is 14.3 Å². The summed E-state index contributed by atoms with van der Waals surface area (Å²) in [5.41, 5.74) is 1.38. The minimum Gasteiger partial charge on any atom is -0.385 e. The maximum atomic E-state index is 11.3. The van der Waals surface area contributed by atoms with E-state index in [-0.39, 0.29) is 5.70 Å². The first kappa shape index (κ1) is 8.78. The molecule has 1 aromatic heterocycles. The van der Waals surface area contributed by atoms with Crippen molar-refractivity contribution >= 4 is 28.7 Å². The summed E-state index contributed by atoms with van der Waals surface area (Å²) in [6.45, 7) is 0. The summed E-state index contributed by atoms with van der Waals surface area (Å²) in [5.74, 6) is -1.39. The molecule has 16 heavy (non-hydrogen) atoms. The van der Waals surface area contributed by atoms with Gasteiger partial charge < -0.3 is 4.74 Å². The fourth-order valence-electron chi connectivity index (χ4n) is 1.54. The van der Waals surface area contributed by atoms with Crippen LogP contribution in [0.3, 0.4) is 0 Å². The Bertz CT molecular complexity index is 642. The quantitative estimate of drug-likeness (QED) is 0.507. The highest BCUT2D eigenvalue weighted by Crippen LogP contribution is 2.18. The second kappa shape index (κ2) is 2.99. The van der Waals surface area contributed by atoms with Crippen LogP contribution in [0.4, 0.5) is 0 Å². The Hall–Kier alpha value is -2.50. The highest BCUT2D eigenvalue weighted by Gasteiger charge is 2.27.